The van der Waals surface area contributed by atoms with E-state index in [2.05, 4.69) is 29.3 Å². The average Bonchev–Trinajstić information content (AvgIpc) is 2.17. The molecule has 1 fully saturated rings. The summed E-state index contributed by atoms with van der Waals surface area (Å²) >= 11 is 1.93. The van der Waals surface area contributed by atoms with Gasteiger partial charge in [-0.1, -0.05) is 13.8 Å². The van der Waals surface area contributed by atoms with Gasteiger partial charge in [-0.3, -0.25) is 8.32 Å². The zero-order valence-corrected chi connectivity index (χ0v) is 11.3. The molecule has 0 atom stereocenters. The number of hydrogen-bond acceptors (Lipinski definition) is 2. The van der Waals surface area contributed by atoms with Crippen LogP contribution in [0.1, 0.15) is 26.7 Å². The largest absolute Gasteiger partial charge is 0.306 e. The van der Waals surface area contributed by atoms with Crippen LogP contribution < -0.4 is 3.53 Å². The second-order valence-electron chi connectivity index (χ2n) is 4.72. The van der Waals surface area contributed by atoms with E-state index in [0.29, 0.717) is 5.92 Å². The summed E-state index contributed by atoms with van der Waals surface area (Å²) < 4.78 is 2.73. The van der Waals surface area contributed by atoms with Gasteiger partial charge < -0.3 is 4.90 Å². The number of likely N-dealkylation sites (tertiary alicyclic amines) is 1. The molecule has 0 aromatic carbocycles. The van der Waals surface area contributed by atoms with Crippen molar-refractivity contribution in [1.82, 2.24) is 8.43 Å². The van der Waals surface area contributed by atoms with Gasteiger partial charge in [-0.2, -0.15) is 0 Å². The summed E-state index contributed by atoms with van der Waals surface area (Å²) in [7, 11) is 2.14. The summed E-state index contributed by atoms with van der Waals surface area (Å²) in [5.74, 6) is 0.682. The van der Waals surface area contributed by atoms with E-state index >= 15 is 0 Å². The van der Waals surface area contributed by atoms with E-state index in [1.165, 1.54) is 0 Å². The molecule has 1 amide bonds. The predicted octanol–water partition coefficient (Wildman–Crippen LogP) is 1.82. The highest BCUT2D eigenvalue weighted by Crippen LogP contribution is 2.35. The average molecular weight is 310 g/mol. The van der Waals surface area contributed by atoms with Crippen molar-refractivity contribution in [3.05, 3.63) is 0 Å². The van der Waals surface area contributed by atoms with Gasteiger partial charge in [0.2, 0.25) is 5.91 Å². The van der Waals surface area contributed by atoms with Gasteiger partial charge >= 0.3 is 0 Å². The monoisotopic (exact) mass is 310 g/mol. The lowest BCUT2D eigenvalue weighted by Crippen LogP contribution is -2.43. The molecule has 0 radical (unpaired) electrons. The molecule has 4 heteroatoms. The Labute approximate surface area is 100 Å². The van der Waals surface area contributed by atoms with Crippen LogP contribution in [0.5, 0.6) is 0 Å². The molecular formula is C10H19IN2O. The minimum atomic E-state index is -0.220. The number of nitrogens with one attached hydrogen (secondary N) is 1. The van der Waals surface area contributed by atoms with Gasteiger partial charge in [0, 0.05) is 5.41 Å². The van der Waals surface area contributed by atoms with E-state index in [-0.39, 0.29) is 11.3 Å². The zero-order chi connectivity index (χ0) is 10.8. The Morgan fingerprint density at radius 1 is 1.43 bits per heavy atom. The first-order chi connectivity index (χ1) is 6.48. The molecule has 1 heterocycles. The smallest absolute Gasteiger partial charge is 0.234 e. The summed E-state index contributed by atoms with van der Waals surface area (Å²) in [6.45, 7) is 6.33. The van der Waals surface area contributed by atoms with E-state index in [9.17, 15) is 4.79 Å². The Morgan fingerprint density at radius 3 is 2.36 bits per heavy atom. The molecule has 82 valence electrons. The number of piperidine rings is 1. The third kappa shape index (κ3) is 2.59. The predicted molar refractivity (Wildman–Crippen MR) is 66.2 cm³/mol. The van der Waals surface area contributed by atoms with Crippen LogP contribution in [0.25, 0.3) is 0 Å². The highest BCUT2D eigenvalue weighted by molar-refractivity contribution is 14.1. The lowest BCUT2D eigenvalue weighted by atomic mass is 9.73. The molecule has 3 nitrogen and oxygen atoms in total. The summed E-state index contributed by atoms with van der Waals surface area (Å²) in [5.41, 5.74) is -0.220. The standard InChI is InChI=1S/C10H19IN2O/c1-10(2,9(14)12-11)8-4-6-13(3)7-5-8/h8H,4-7H2,1-3H3,(H,12,14). The van der Waals surface area contributed by atoms with Crippen LogP contribution in [0.15, 0.2) is 0 Å². The fraction of sp³-hybridized carbons (Fsp3) is 0.900. The first-order valence-electron chi connectivity index (χ1n) is 5.08. The van der Waals surface area contributed by atoms with E-state index < -0.39 is 0 Å². The van der Waals surface area contributed by atoms with Crippen LogP contribution in [0.4, 0.5) is 0 Å². The third-order valence-electron chi connectivity index (χ3n) is 3.41. The molecule has 0 bridgehead atoms. The van der Waals surface area contributed by atoms with Crippen molar-refractivity contribution in [1.29, 1.82) is 0 Å². The second-order valence-corrected chi connectivity index (χ2v) is 5.26. The summed E-state index contributed by atoms with van der Waals surface area (Å²) in [4.78, 5) is 14.0. The van der Waals surface area contributed by atoms with Crippen LogP contribution in [0.3, 0.4) is 0 Å². The highest BCUT2D eigenvalue weighted by atomic mass is 127. The molecule has 0 aromatic rings. The minimum absolute atomic E-state index is 0.160. The molecule has 0 unspecified atom stereocenters. The highest BCUT2D eigenvalue weighted by Gasteiger charge is 2.37. The number of carbonyl (C=O) groups is 1. The fourth-order valence-electron chi connectivity index (χ4n) is 2.04. The van der Waals surface area contributed by atoms with Crippen LogP contribution >= 0.6 is 22.9 Å². The lowest BCUT2D eigenvalue weighted by molar-refractivity contribution is -0.130. The molecule has 1 aliphatic rings. The molecule has 1 N–H and O–H groups in total. The van der Waals surface area contributed by atoms with Crippen molar-refractivity contribution in [3.8, 4) is 0 Å². The number of carbonyl (C=O) groups excluding carboxylic acids is 1. The summed E-state index contributed by atoms with van der Waals surface area (Å²) in [5, 5.41) is 0. The maximum Gasteiger partial charge on any atom is 0.234 e. The number of nitrogens with zero attached hydrogens (tertiary/aromatic N) is 1. The SMILES string of the molecule is CN1CCC(C(C)(C)C(=O)NI)CC1. The molecule has 0 saturated carbocycles. The number of halogens is 1. The molecule has 0 spiro atoms. The van der Waals surface area contributed by atoms with Crippen LogP contribution in [0.2, 0.25) is 0 Å². The normalized spacial score (nSPS) is 20.9. The maximum absolute atomic E-state index is 11.7. The van der Waals surface area contributed by atoms with Crippen molar-refractivity contribution in [2.75, 3.05) is 20.1 Å². The Hall–Kier alpha value is 0.160. The van der Waals surface area contributed by atoms with E-state index in [4.69, 9.17) is 0 Å². The molecule has 1 aliphatic heterocycles. The van der Waals surface area contributed by atoms with Crippen molar-refractivity contribution in [2.45, 2.75) is 26.7 Å². The fourth-order valence-corrected chi connectivity index (χ4v) is 2.73. The van der Waals surface area contributed by atoms with Gasteiger partial charge in [0.05, 0.1) is 22.9 Å². The van der Waals surface area contributed by atoms with Gasteiger partial charge in [0.15, 0.2) is 0 Å². The van der Waals surface area contributed by atoms with Crippen LogP contribution in [-0.2, 0) is 4.79 Å². The minimum Gasteiger partial charge on any atom is -0.306 e. The molecule has 1 rings (SSSR count). The number of amides is 1. The Morgan fingerprint density at radius 2 is 1.93 bits per heavy atom. The Balaban J connectivity index is 2.59. The molecule has 14 heavy (non-hydrogen) atoms. The van der Waals surface area contributed by atoms with Gasteiger partial charge in [-0.15, -0.1) is 0 Å². The Bertz CT molecular complexity index is 210. The zero-order valence-electron chi connectivity index (χ0n) is 9.14. The van der Waals surface area contributed by atoms with Crippen molar-refractivity contribution in [2.24, 2.45) is 11.3 Å². The number of hydrogen-bond donors (Lipinski definition) is 1. The Kier molecular flexibility index (Phi) is 4.18. The van der Waals surface area contributed by atoms with Crippen LogP contribution in [0, 0.1) is 11.3 Å². The number of rotatable bonds is 2. The second kappa shape index (κ2) is 4.79. The quantitative estimate of drug-likeness (QED) is 0.623. The summed E-state index contributed by atoms with van der Waals surface area (Å²) in [6.07, 6.45) is 2.26. The van der Waals surface area contributed by atoms with E-state index in [1.54, 1.807) is 0 Å². The molecule has 1 saturated heterocycles. The van der Waals surface area contributed by atoms with E-state index in [1.807, 2.05) is 22.9 Å². The van der Waals surface area contributed by atoms with Gasteiger partial charge in [0.1, 0.15) is 0 Å². The first-order valence-corrected chi connectivity index (χ1v) is 6.16. The topological polar surface area (TPSA) is 32.3 Å². The first kappa shape index (κ1) is 12.2. The molecular weight excluding hydrogens is 291 g/mol. The maximum atomic E-state index is 11.7. The summed E-state index contributed by atoms with van der Waals surface area (Å²) in [6, 6.07) is 0. The molecule has 0 aromatic heterocycles. The van der Waals surface area contributed by atoms with Crippen molar-refractivity contribution < 1.29 is 4.79 Å². The van der Waals surface area contributed by atoms with Crippen molar-refractivity contribution >= 4 is 28.8 Å². The lowest BCUT2D eigenvalue weighted by Gasteiger charge is -2.38. The molecule has 0 aliphatic carbocycles. The van der Waals surface area contributed by atoms with Crippen molar-refractivity contribution in [3.63, 3.8) is 0 Å². The van der Waals surface area contributed by atoms with Gasteiger partial charge in [0.25, 0.3) is 0 Å². The van der Waals surface area contributed by atoms with Crippen LogP contribution in [-0.4, -0.2) is 30.9 Å². The van der Waals surface area contributed by atoms with Gasteiger partial charge in [-0.25, -0.2) is 0 Å². The van der Waals surface area contributed by atoms with E-state index in [0.717, 1.165) is 25.9 Å². The van der Waals surface area contributed by atoms with Gasteiger partial charge in [-0.05, 0) is 38.9 Å². The third-order valence-corrected chi connectivity index (χ3v) is 3.90.